The van der Waals surface area contributed by atoms with Crippen LogP contribution in [0.1, 0.15) is 42.7 Å². The van der Waals surface area contributed by atoms with Crippen molar-refractivity contribution in [3.63, 3.8) is 0 Å². The lowest BCUT2D eigenvalue weighted by atomic mass is 9.90. The van der Waals surface area contributed by atoms with Gasteiger partial charge in [0.05, 0.1) is 12.3 Å². The lowest BCUT2D eigenvalue weighted by molar-refractivity contribution is -0.122. The number of piperidine rings is 1. The van der Waals surface area contributed by atoms with Crippen molar-refractivity contribution in [2.24, 2.45) is 0 Å². The number of carbonyl (C=O) groups excluding carboxylic acids is 1. The number of ether oxygens (including phenoxy) is 1. The van der Waals surface area contributed by atoms with Crippen LogP contribution in [0.15, 0.2) is 42.5 Å². The molecule has 4 rings (SSSR count). The number of carbonyl (C=O) groups is 1. The molecule has 0 aliphatic carbocycles. The summed E-state index contributed by atoms with van der Waals surface area (Å²) >= 11 is 0. The normalized spacial score (nSPS) is 21.6. The van der Waals surface area contributed by atoms with Crippen LogP contribution in [-0.4, -0.2) is 31.6 Å². The fraction of sp³-hybridized carbons (Fsp3) is 0.435. The van der Waals surface area contributed by atoms with Crippen molar-refractivity contribution in [2.45, 2.75) is 44.6 Å². The highest BCUT2D eigenvalue weighted by Crippen LogP contribution is 2.35. The molecule has 2 heterocycles. The van der Waals surface area contributed by atoms with E-state index in [1.165, 1.54) is 6.07 Å². The second kappa shape index (κ2) is 8.21. The van der Waals surface area contributed by atoms with E-state index in [1.54, 1.807) is 6.07 Å². The van der Waals surface area contributed by atoms with Gasteiger partial charge in [0.25, 0.3) is 0 Å². The molecule has 5 heteroatoms. The van der Waals surface area contributed by atoms with Crippen molar-refractivity contribution in [3.8, 4) is 5.75 Å². The van der Waals surface area contributed by atoms with Crippen LogP contribution in [0.4, 0.5) is 10.1 Å². The van der Waals surface area contributed by atoms with Gasteiger partial charge in [-0.3, -0.25) is 4.79 Å². The summed E-state index contributed by atoms with van der Waals surface area (Å²) in [5.41, 5.74) is 2.80. The maximum absolute atomic E-state index is 14.3. The number of rotatable bonds is 4. The van der Waals surface area contributed by atoms with Crippen molar-refractivity contribution in [2.75, 3.05) is 24.6 Å². The summed E-state index contributed by atoms with van der Waals surface area (Å²) in [6.07, 6.45) is 3.20. The van der Waals surface area contributed by atoms with Gasteiger partial charge in [0, 0.05) is 25.6 Å². The molecule has 2 aliphatic rings. The summed E-state index contributed by atoms with van der Waals surface area (Å²) in [5.74, 6) is 0.957. The number of benzene rings is 2. The van der Waals surface area contributed by atoms with Crippen LogP contribution in [0.5, 0.6) is 5.75 Å². The van der Waals surface area contributed by atoms with Gasteiger partial charge >= 0.3 is 0 Å². The molecule has 0 radical (unpaired) electrons. The zero-order chi connectivity index (χ0) is 19.5. The van der Waals surface area contributed by atoms with E-state index < -0.39 is 0 Å². The van der Waals surface area contributed by atoms with Crippen LogP contribution < -0.4 is 15.0 Å². The van der Waals surface area contributed by atoms with E-state index in [2.05, 4.69) is 16.3 Å². The molecular weight excluding hydrogens is 355 g/mol. The van der Waals surface area contributed by atoms with Gasteiger partial charge < -0.3 is 15.0 Å². The van der Waals surface area contributed by atoms with Gasteiger partial charge in [0.2, 0.25) is 5.91 Å². The lowest BCUT2D eigenvalue weighted by Crippen LogP contribution is -2.48. The van der Waals surface area contributed by atoms with Crippen LogP contribution in [0, 0.1) is 12.7 Å². The van der Waals surface area contributed by atoms with E-state index in [0.29, 0.717) is 25.3 Å². The predicted octanol–water partition coefficient (Wildman–Crippen LogP) is 4.18. The molecule has 2 unspecified atom stereocenters. The zero-order valence-electron chi connectivity index (χ0n) is 16.3. The Hall–Kier alpha value is -2.56. The minimum Gasteiger partial charge on any atom is -0.493 e. The smallest absolute Gasteiger partial charge is 0.220 e. The summed E-state index contributed by atoms with van der Waals surface area (Å²) in [5, 5.41) is 3.19. The Bertz CT molecular complexity index is 854. The maximum atomic E-state index is 14.3. The minimum atomic E-state index is -0.198. The summed E-state index contributed by atoms with van der Waals surface area (Å²) in [6.45, 7) is 4.09. The molecule has 0 saturated carbocycles. The third kappa shape index (κ3) is 4.13. The van der Waals surface area contributed by atoms with Gasteiger partial charge in [-0.2, -0.15) is 0 Å². The number of hydrogen-bond donors (Lipinski definition) is 1. The standard InChI is InChI=1S/C23H27FN2O2/c1-16-8-9-20(24)21(13-16)26-11-4-5-18(15-26)25-23(27)14-17-10-12-28-22-7-3-2-6-19(17)22/h2-3,6-9,13,17-18H,4-5,10-12,14-15H2,1H3,(H,25,27). The van der Waals surface area contributed by atoms with Crippen LogP contribution in [0.25, 0.3) is 0 Å². The molecule has 2 aliphatic heterocycles. The van der Waals surface area contributed by atoms with Crippen molar-refractivity contribution in [3.05, 3.63) is 59.4 Å². The minimum absolute atomic E-state index is 0.0521. The van der Waals surface area contributed by atoms with Crippen LogP contribution in [-0.2, 0) is 4.79 Å². The van der Waals surface area contributed by atoms with E-state index >= 15 is 0 Å². The van der Waals surface area contributed by atoms with E-state index in [0.717, 1.165) is 42.7 Å². The quantitative estimate of drug-likeness (QED) is 0.863. The topological polar surface area (TPSA) is 41.6 Å². The molecule has 1 fully saturated rings. The first kappa shape index (κ1) is 18.8. The lowest BCUT2D eigenvalue weighted by Gasteiger charge is -2.35. The predicted molar refractivity (Wildman–Crippen MR) is 108 cm³/mol. The number of nitrogens with zero attached hydrogens (tertiary/aromatic N) is 1. The number of aryl methyl sites for hydroxylation is 1. The molecule has 148 valence electrons. The van der Waals surface area contributed by atoms with Gasteiger partial charge in [-0.15, -0.1) is 0 Å². The van der Waals surface area contributed by atoms with Gasteiger partial charge in [-0.05, 0) is 61.4 Å². The molecule has 1 amide bonds. The Kier molecular flexibility index (Phi) is 5.51. The van der Waals surface area contributed by atoms with Crippen molar-refractivity contribution < 1.29 is 13.9 Å². The first-order valence-electron chi connectivity index (χ1n) is 10.1. The molecule has 2 aromatic carbocycles. The number of fused-ring (bicyclic) bond motifs is 1. The van der Waals surface area contributed by atoms with Crippen molar-refractivity contribution in [1.82, 2.24) is 5.32 Å². The van der Waals surface area contributed by atoms with Crippen LogP contribution >= 0.6 is 0 Å². The first-order valence-corrected chi connectivity index (χ1v) is 10.1. The zero-order valence-corrected chi connectivity index (χ0v) is 16.3. The fourth-order valence-corrected chi connectivity index (χ4v) is 4.32. The molecule has 1 N–H and O–H groups in total. The molecular formula is C23H27FN2O2. The number of anilines is 1. The third-order valence-corrected chi connectivity index (χ3v) is 5.74. The second-order valence-electron chi connectivity index (χ2n) is 7.88. The molecule has 28 heavy (non-hydrogen) atoms. The molecule has 2 atom stereocenters. The Morgan fingerprint density at radius 1 is 1.25 bits per heavy atom. The number of nitrogens with one attached hydrogen (secondary N) is 1. The van der Waals surface area contributed by atoms with Gasteiger partial charge in [-0.25, -0.2) is 4.39 Å². The van der Waals surface area contributed by atoms with E-state index in [-0.39, 0.29) is 23.7 Å². The first-order chi connectivity index (χ1) is 13.6. The highest BCUT2D eigenvalue weighted by molar-refractivity contribution is 5.77. The van der Waals surface area contributed by atoms with E-state index in [1.807, 2.05) is 31.2 Å². The Labute approximate surface area is 165 Å². The fourth-order valence-electron chi connectivity index (χ4n) is 4.32. The van der Waals surface area contributed by atoms with E-state index in [4.69, 9.17) is 4.74 Å². The highest BCUT2D eigenvalue weighted by atomic mass is 19.1. The number of hydrogen-bond acceptors (Lipinski definition) is 3. The van der Waals surface area contributed by atoms with Crippen LogP contribution in [0.2, 0.25) is 0 Å². The summed E-state index contributed by atoms with van der Waals surface area (Å²) in [7, 11) is 0. The Morgan fingerprint density at radius 3 is 3.00 bits per heavy atom. The number of amides is 1. The number of halogens is 1. The molecule has 0 bridgehead atoms. The van der Waals surface area contributed by atoms with Crippen LogP contribution in [0.3, 0.4) is 0 Å². The van der Waals surface area contributed by atoms with Gasteiger partial charge in [-0.1, -0.05) is 24.3 Å². The second-order valence-corrected chi connectivity index (χ2v) is 7.88. The Morgan fingerprint density at radius 2 is 2.11 bits per heavy atom. The molecule has 2 aromatic rings. The summed E-state index contributed by atoms with van der Waals surface area (Å²) in [6, 6.07) is 13.2. The summed E-state index contributed by atoms with van der Waals surface area (Å²) < 4.78 is 19.9. The van der Waals surface area contributed by atoms with Crippen molar-refractivity contribution >= 4 is 11.6 Å². The average Bonchev–Trinajstić information content (AvgIpc) is 2.70. The molecule has 4 nitrogen and oxygen atoms in total. The van der Waals surface area contributed by atoms with Gasteiger partial charge in [0.15, 0.2) is 0 Å². The highest BCUT2D eigenvalue weighted by Gasteiger charge is 2.27. The summed E-state index contributed by atoms with van der Waals surface area (Å²) in [4.78, 5) is 14.8. The Balaban J connectivity index is 1.38. The molecule has 1 saturated heterocycles. The maximum Gasteiger partial charge on any atom is 0.220 e. The third-order valence-electron chi connectivity index (χ3n) is 5.74. The monoisotopic (exact) mass is 382 g/mol. The largest absolute Gasteiger partial charge is 0.493 e. The SMILES string of the molecule is Cc1ccc(F)c(N2CCCC(NC(=O)CC3CCOc4ccccc43)C2)c1. The van der Waals surface area contributed by atoms with E-state index in [9.17, 15) is 9.18 Å². The van der Waals surface area contributed by atoms with Crippen molar-refractivity contribution in [1.29, 1.82) is 0 Å². The average molecular weight is 382 g/mol. The molecule has 0 spiro atoms. The number of para-hydroxylation sites is 1. The molecule has 0 aromatic heterocycles. The van der Waals surface area contributed by atoms with Gasteiger partial charge in [0.1, 0.15) is 11.6 Å².